The van der Waals surface area contributed by atoms with Gasteiger partial charge in [-0.3, -0.25) is 0 Å². The predicted octanol–water partition coefficient (Wildman–Crippen LogP) is 2.47. The van der Waals surface area contributed by atoms with Gasteiger partial charge >= 0.3 is 0 Å². The van der Waals surface area contributed by atoms with Crippen molar-refractivity contribution >= 4 is 5.69 Å². The molecule has 1 saturated heterocycles. The highest BCUT2D eigenvalue weighted by Gasteiger charge is 2.23. The van der Waals surface area contributed by atoms with Gasteiger partial charge in [0.25, 0.3) is 0 Å². The van der Waals surface area contributed by atoms with E-state index in [-0.39, 0.29) is 0 Å². The molecule has 0 amide bonds. The first-order valence-corrected chi connectivity index (χ1v) is 7.41. The van der Waals surface area contributed by atoms with Crippen LogP contribution in [0.4, 0.5) is 5.69 Å². The summed E-state index contributed by atoms with van der Waals surface area (Å²) in [5.74, 6) is 0. The first kappa shape index (κ1) is 12.9. The SMILES string of the molecule is Cc1ccc(N2CCOCC2C)c(CNC2CC2)c1. The Bertz CT molecular complexity index is 442. The Morgan fingerprint density at radius 3 is 2.95 bits per heavy atom. The lowest BCUT2D eigenvalue weighted by Gasteiger charge is -2.36. The molecule has 1 saturated carbocycles. The minimum Gasteiger partial charge on any atom is -0.377 e. The molecule has 0 aromatic heterocycles. The van der Waals surface area contributed by atoms with Gasteiger partial charge in [-0.2, -0.15) is 0 Å². The minimum atomic E-state index is 0.469. The number of benzene rings is 1. The van der Waals surface area contributed by atoms with Crippen LogP contribution in [-0.2, 0) is 11.3 Å². The van der Waals surface area contributed by atoms with Crippen molar-refractivity contribution in [3.8, 4) is 0 Å². The summed E-state index contributed by atoms with van der Waals surface area (Å²) < 4.78 is 5.55. The van der Waals surface area contributed by atoms with Crippen LogP contribution in [0.5, 0.6) is 0 Å². The molecule has 1 heterocycles. The highest BCUT2D eigenvalue weighted by atomic mass is 16.5. The van der Waals surface area contributed by atoms with Crippen LogP contribution < -0.4 is 10.2 Å². The second kappa shape index (κ2) is 5.51. The Morgan fingerprint density at radius 2 is 2.21 bits per heavy atom. The second-order valence-electron chi connectivity index (χ2n) is 5.90. The fourth-order valence-electron chi connectivity index (χ4n) is 2.76. The van der Waals surface area contributed by atoms with Gasteiger partial charge in [-0.1, -0.05) is 17.7 Å². The zero-order valence-electron chi connectivity index (χ0n) is 12.0. The molecule has 3 nitrogen and oxygen atoms in total. The monoisotopic (exact) mass is 260 g/mol. The van der Waals surface area contributed by atoms with Crippen LogP contribution in [0.1, 0.15) is 30.9 Å². The standard InChI is InChI=1S/C16H24N2O/c1-12-3-6-16(18-7-8-19-11-13(18)2)14(9-12)10-17-15-4-5-15/h3,6,9,13,15,17H,4-5,7-8,10-11H2,1-2H3. The van der Waals surface area contributed by atoms with Crippen LogP contribution in [0, 0.1) is 6.92 Å². The minimum absolute atomic E-state index is 0.469. The van der Waals surface area contributed by atoms with Gasteiger partial charge in [0.2, 0.25) is 0 Å². The third-order valence-corrected chi connectivity index (χ3v) is 4.07. The maximum absolute atomic E-state index is 5.55. The van der Waals surface area contributed by atoms with Crippen molar-refractivity contribution in [3.05, 3.63) is 29.3 Å². The number of rotatable bonds is 4. The molecule has 2 fully saturated rings. The van der Waals surface area contributed by atoms with Gasteiger partial charge in [0.05, 0.1) is 13.2 Å². The average Bonchev–Trinajstić information content (AvgIpc) is 3.22. The van der Waals surface area contributed by atoms with Crippen molar-refractivity contribution < 1.29 is 4.74 Å². The van der Waals surface area contributed by atoms with E-state index >= 15 is 0 Å². The van der Waals surface area contributed by atoms with E-state index in [1.54, 1.807) is 0 Å². The second-order valence-corrected chi connectivity index (χ2v) is 5.90. The molecule has 1 aliphatic carbocycles. The zero-order chi connectivity index (χ0) is 13.2. The van der Waals surface area contributed by atoms with Crippen molar-refractivity contribution in [2.24, 2.45) is 0 Å². The molecule has 104 valence electrons. The topological polar surface area (TPSA) is 24.5 Å². The van der Waals surface area contributed by atoms with Crippen molar-refractivity contribution in [1.82, 2.24) is 5.32 Å². The van der Waals surface area contributed by atoms with Crippen LogP contribution in [-0.4, -0.2) is 31.8 Å². The summed E-state index contributed by atoms with van der Waals surface area (Å²) in [6, 6.07) is 8.05. The Balaban J connectivity index is 1.80. The quantitative estimate of drug-likeness (QED) is 0.900. The normalized spacial score (nSPS) is 23.7. The molecule has 1 aliphatic heterocycles. The van der Waals surface area contributed by atoms with Gasteiger partial charge in [0.1, 0.15) is 0 Å². The summed E-state index contributed by atoms with van der Waals surface area (Å²) in [6.45, 7) is 8.09. The molecule has 3 heteroatoms. The fourth-order valence-corrected chi connectivity index (χ4v) is 2.76. The van der Waals surface area contributed by atoms with E-state index in [9.17, 15) is 0 Å². The highest BCUT2D eigenvalue weighted by Crippen LogP contribution is 2.27. The predicted molar refractivity (Wildman–Crippen MR) is 78.7 cm³/mol. The van der Waals surface area contributed by atoms with Crippen molar-refractivity contribution in [1.29, 1.82) is 0 Å². The highest BCUT2D eigenvalue weighted by molar-refractivity contribution is 5.56. The molecule has 0 spiro atoms. The molecule has 1 aromatic rings. The van der Waals surface area contributed by atoms with Gasteiger partial charge in [-0.05, 0) is 38.3 Å². The number of hydrogen-bond donors (Lipinski definition) is 1. The molecule has 19 heavy (non-hydrogen) atoms. The number of hydrogen-bond acceptors (Lipinski definition) is 3. The number of anilines is 1. The van der Waals surface area contributed by atoms with E-state index < -0.39 is 0 Å². The Kier molecular flexibility index (Phi) is 3.76. The first-order valence-electron chi connectivity index (χ1n) is 7.41. The Morgan fingerprint density at radius 1 is 1.37 bits per heavy atom. The van der Waals surface area contributed by atoms with Crippen LogP contribution in [0.15, 0.2) is 18.2 Å². The summed E-state index contributed by atoms with van der Waals surface area (Å²) in [5, 5.41) is 3.64. The molecule has 1 N–H and O–H groups in total. The van der Waals surface area contributed by atoms with E-state index in [2.05, 4.69) is 42.3 Å². The van der Waals surface area contributed by atoms with Crippen LogP contribution in [0.3, 0.4) is 0 Å². The smallest absolute Gasteiger partial charge is 0.0668 e. The molecule has 2 aliphatic rings. The van der Waals surface area contributed by atoms with Gasteiger partial charge in [-0.25, -0.2) is 0 Å². The number of ether oxygens (including phenoxy) is 1. The van der Waals surface area contributed by atoms with E-state index in [4.69, 9.17) is 4.74 Å². The third kappa shape index (κ3) is 3.10. The van der Waals surface area contributed by atoms with Gasteiger partial charge < -0.3 is 15.0 Å². The van der Waals surface area contributed by atoms with Crippen LogP contribution in [0.2, 0.25) is 0 Å². The fraction of sp³-hybridized carbons (Fsp3) is 0.625. The average molecular weight is 260 g/mol. The van der Waals surface area contributed by atoms with Crippen LogP contribution >= 0.6 is 0 Å². The zero-order valence-corrected chi connectivity index (χ0v) is 12.0. The molecule has 0 bridgehead atoms. The lowest BCUT2D eigenvalue weighted by molar-refractivity contribution is 0.0988. The molecule has 0 radical (unpaired) electrons. The maximum atomic E-state index is 5.55. The third-order valence-electron chi connectivity index (χ3n) is 4.07. The Labute approximate surface area is 115 Å². The number of morpholine rings is 1. The van der Waals surface area contributed by atoms with Gasteiger partial charge in [-0.15, -0.1) is 0 Å². The summed E-state index contributed by atoms with van der Waals surface area (Å²) in [6.07, 6.45) is 2.68. The van der Waals surface area contributed by atoms with Crippen molar-refractivity contribution in [2.75, 3.05) is 24.7 Å². The van der Waals surface area contributed by atoms with E-state index in [0.29, 0.717) is 6.04 Å². The molecule has 1 unspecified atom stereocenters. The largest absolute Gasteiger partial charge is 0.377 e. The van der Waals surface area contributed by atoms with Gasteiger partial charge in [0.15, 0.2) is 0 Å². The number of nitrogens with zero attached hydrogens (tertiary/aromatic N) is 1. The molecule has 3 rings (SSSR count). The maximum Gasteiger partial charge on any atom is 0.0668 e. The van der Waals surface area contributed by atoms with E-state index in [1.165, 1.54) is 29.7 Å². The molecule has 1 aromatic carbocycles. The van der Waals surface area contributed by atoms with E-state index in [1.807, 2.05) is 0 Å². The lowest BCUT2D eigenvalue weighted by Crippen LogP contribution is -2.44. The first-order chi connectivity index (χ1) is 9.24. The van der Waals surface area contributed by atoms with E-state index in [0.717, 1.165) is 32.3 Å². The number of aryl methyl sites for hydroxylation is 1. The van der Waals surface area contributed by atoms with Crippen LogP contribution in [0.25, 0.3) is 0 Å². The lowest BCUT2D eigenvalue weighted by atomic mass is 10.1. The molecular formula is C16H24N2O. The van der Waals surface area contributed by atoms with Crippen molar-refractivity contribution in [3.63, 3.8) is 0 Å². The summed E-state index contributed by atoms with van der Waals surface area (Å²) in [5.41, 5.74) is 4.16. The van der Waals surface area contributed by atoms with Crippen molar-refractivity contribution in [2.45, 2.75) is 45.3 Å². The van der Waals surface area contributed by atoms with Gasteiger partial charge in [0, 0.05) is 30.9 Å². The molecular weight excluding hydrogens is 236 g/mol. The number of nitrogens with one attached hydrogen (secondary N) is 1. The Hall–Kier alpha value is -1.06. The molecule has 1 atom stereocenters. The summed E-state index contributed by atoms with van der Waals surface area (Å²) in [7, 11) is 0. The summed E-state index contributed by atoms with van der Waals surface area (Å²) in [4.78, 5) is 2.49. The summed E-state index contributed by atoms with van der Waals surface area (Å²) >= 11 is 0.